The minimum Gasteiger partial charge on any atom is -0.493 e. The van der Waals surface area contributed by atoms with Crippen molar-refractivity contribution >= 4 is 69.2 Å². The van der Waals surface area contributed by atoms with Crippen LogP contribution in [0.3, 0.4) is 0 Å². The summed E-state index contributed by atoms with van der Waals surface area (Å²) in [6, 6.07) is 18.4. The number of aryl methyl sites for hydroxylation is 2. The van der Waals surface area contributed by atoms with Gasteiger partial charge in [0.15, 0.2) is 22.4 Å². The van der Waals surface area contributed by atoms with E-state index in [2.05, 4.69) is 5.32 Å². The Hall–Kier alpha value is -3.33. The van der Waals surface area contributed by atoms with E-state index in [0.717, 1.165) is 16.8 Å². The number of amides is 2. The zero-order valence-electron chi connectivity index (χ0n) is 19.8. The van der Waals surface area contributed by atoms with Gasteiger partial charge in [0.25, 0.3) is 11.8 Å². The molecule has 0 radical (unpaired) electrons. The smallest absolute Gasteiger partial charge is 0.270 e. The molecule has 3 aromatic carbocycles. The van der Waals surface area contributed by atoms with Gasteiger partial charge in [0.2, 0.25) is 0 Å². The van der Waals surface area contributed by atoms with E-state index in [-0.39, 0.29) is 29.2 Å². The van der Waals surface area contributed by atoms with Gasteiger partial charge in [0, 0.05) is 5.69 Å². The lowest BCUT2D eigenvalue weighted by atomic mass is 10.1. The Bertz CT molecular complexity index is 1370. The summed E-state index contributed by atoms with van der Waals surface area (Å²) in [4.78, 5) is 27.5. The summed E-state index contributed by atoms with van der Waals surface area (Å²) in [5.41, 5.74) is 4.11. The van der Waals surface area contributed by atoms with Crippen LogP contribution in [0.1, 0.15) is 16.7 Å². The van der Waals surface area contributed by atoms with Gasteiger partial charge in [-0.05, 0) is 61.4 Å². The standard InChI is InChI=1S/C27H23ClN2O4S2/c1-16-8-10-19(11-9-16)29-24(31)15-34-25-20(28)12-18(13-22(25)33-3)14-23-26(32)30(27(35)36-23)21-7-5-4-6-17(21)2/h4-14H,15H2,1-3H3,(H,29,31)/b23-14-. The van der Waals surface area contributed by atoms with Crippen LogP contribution in [0.5, 0.6) is 11.5 Å². The topological polar surface area (TPSA) is 67.9 Å². The number of benzene rings is 3. The molecule has 0 spiro atoms. The van der Waals surface area contributed by atoms with E-state index in [1.165, 1.54) is 23.8 Å². The molecule has 184 valence electrons. The molecule has 0 unspecified atom stereocenters. The van der Waals surface area contributed by atoms with Gasteiger partial charge < -0.3 is 14.8 Å². The Morgan fingerprint density at radius 2 is 1.86 bits per heavy atom. The zero-order chi connectivity index (χ0) is 25.8. The summed E-state index contributed by atoms with van der Waals surface area (Å²) in [5.74, 6) is 0.0394. The predicted octanol–water partition coefficient (Wildman–Crippen LogP) is 6.39. The molecule has 1 saturated heterocycles. The third kappa shape index (κ3) is 5.73. The highest BCUT2D eigenvalue weighted by Crippen LogP contribution is 2.40. The van der Waals surface area contributed by atoms with Gasteiger partial charge in [-0.15, -0.1) is 0 Å². The fraction of sp³-hybridized carbons (Fsp3) is 0.148. The average Bonchev–Trinajstić information content (AvgIpc) is 3.12. The molecule has 1 N–H and O–H groups in total. The first kappa shape index (κ1) is 25.8. The largest absolute Gasteiger partial charge is 0.493 e. The molecule has 9 heteroatoms. The van der Waals surface area contributed by atoms with Crippen molar-refractivity contribution in [3.63, 3.8) is 0 Å². The third-order valence-corrected chi connectivity index (χ3v) is 6.97. The molecule has 1 fully saturated rings. The number of anilines is 2. The van der Waals surface area contributed by atoms with Gasteiger partial charge in [-0.25, -0.2) is 0 Å². The van der Waals surface area contributed by atoms with Crippen LogP contribution in [-0.4, -0.2) is 29.9 Å². The predicted molar refractivity (Wildman–Crippen MR) is 150 cm³/mol. The molecule has 36 heavy (non-hydrogen) atoms. The molecule has 2 amide bonds. The van der Waals surface area contributed by atoms with Crippen LogP contribution >= 0.6 is 35.6 Å². The first-order chi connectivity index (χ1) is 17.3. The minimum atomic E-state index is -0.332. The van der Waals surface area contributed by atoms with Crippen molar-refractivity contribution in [2.45, 2.75) is 13.8 Å². The molecule has 3 aromatic rings. The number of para-hydroxylation sites is 1. The van der Waals surface area contributed by atoms with Crippen molar-refractivity contribution in [3.05, 3.63) is 87.3 Å². The number of carbonyl (C=O) groups excluding carboxylic acids is 2. The summed E-state index contributed by atoms with van der Waals surface area (Å²) < 4.78 is 11.6. The van der Waals surface area contributed by atoms with E-state index < -0.39 is 0 Å². The SMILES string of the molecule is COc1cc(/C=C2\SC(=S)N(c3ccccc3C)C2=O)cc(Cl)c1OCC(=O)Nc1ccc(C)cc1. The van der Waals surface area contributed by atoms with Gasteiger partial charge in [0.05, 0.1) is 22.7 Å². The lowest BCUT2D eigenvalue weighted by Gasteiger charge is -2.16. The van der Waals surface area contributed by atoms with Crippen molar-refractivity contribution in [3.8, 4) is 11.5 Å². The second kappa shape index (κ2) is 11.2. The number of rotatable bonds is 7. The first-order valence-electron chi connectivity index (χ1n) is 11.0. The number of nitrogens with zero attached hydrogens (tertiary/aromatic N) is 1. The van der Waals surface area contributed by atoms with Crippen molar-refractivity contribution in [1.29, 1.82) is 0 Å². The van der Waals surface area contributed by atoms with Crippen LogP contribution < -0.4 is 19.7 Å². The van der Waals surface area contributed by atoms with Crippen molar-refractivity contribution in [2.24, 2.45) is 0 Å². The van der Waals surface area contributed by atoms with E-state index in [0.29, 0.717) is 26.2 Å². The highest BCUT2D eigenvalue weighted by molar-refractivity contribution is 8.27. The van der Waals surface area contributed by atoms with Crippen molar-refractivity contribution in [1.82, 2.24) is 0 Å². The van der Waals surface area contributed by atoms with Crippen LogP contribution in [0.4, 0.5) is 11.4 Å². The van der Waals surface area contributed by atoms with Crippen LogP contribution in [0, 0.1) is 13.8 Å². The van der Waals surface area contributed by atoms with Gasteiger partial charge in [-0.1, -0.05) is 71.5 Å². The maximum atomic E-state index is 13.1. The summed E-state index contributed by atoms with van der Waals surface area (Å²) in [5, 5.41) is 3.02. The molecule has 0 aliphatic carbocycles. The number of hydrogen-bond donors (Lipinski definition) is 1. The summed E-state index contributed by atoms with van der Waals surface area (Å²) in [7, 11) is 1.48. The minimum absolute atomic E-state index is 0.206. The second-order valence-corrected chi connectivity index (χ2v) is 10.1. The van der Waals surface area contributed by atoms with E-state index in [1.807, 2.05) is 62.4 Å². The highest BCUT2D eigenvalue weighted by Gasteiger charge is 2.34. The van der Waals surface area contributed by atoms with E-state index >= 15 is 0 Å². The number of thiocarbonyl (C=S) groups is 1. The first-order valence-corrected chi connectivity index (χ1v) is 12.6. The normalized spacial score (nSPS) is 14.3. The number of methoxy groups -OCH3 is 1. The number of ether oxygens (including phenoxy) is 2. The van der Waals surface area contributed by atoms with Gasteiger partial charge in [-0.3, -0.25) is 14.5 Å². The lowest BCUT2D eigenvalue weighted by Crippen LogP contribution is -2.28. The fourth-order valence-corrected chi connectivity index (χ4v) is 5.13. The Morgan fingerprint density at radius 1 is 1.14 bits per heavy atom. The monoisotopic (exact) mass is 538 g/mol. The second-order valence-electron chi connectivity index (χ2n) is 8.04. The molecule has 0 saturated carbocycles. The highest BCUT2D eigenvalue weighted by atomic mass is 35.5. The maximum Gasteiger partial charge on any atom is 0.270 e. The summed E-state index contributed by atoms with van der Waals surface area (Å²) in [6.45, 7) is 3.65. The molecule has 0 atom stereocenters. The number of carbonyl (C=O) groups is 2. The molecular formula is C27H23ClN2O4S2. The number of halogens is 1. The Kier molecular flexibility index (Phi) is 7.98. The molecule has 1 heterocycles. The molecule has 6 nitrogen and oxygen atoms in total. The van der Waals surface area contributed by atoms with Gasteiger partial charge in [0.1, 0.15) is 0 Å². The lowest BCUT2D eigenvalue weighted by molar-refractivity contribution is -0.118. The maximum absolute atomic E-state index is 13.1. The Labute approximate surface area is 224 Å². The average molecular weight is 539 g/mol. The third-order valence-electron chi connectivity index (χ3n) is 5.38. The van der Waals surface area contributed by atoms with Crippen LogP contribution in [-0.2, 0) is 9.59 Å². The van der Waals surface area contributed by atoms with Crippen LogP contribution in [0.15, 0.2) is 65.6 Å². The zero-order valence-corrected chi connectivity index (χ0v) is 22.2. The summed E-state index contributed by atoms with van der Waals surface area (Å²) >= 11 is 13.2. The molecule has 1 aliphatic rings. The molecular weight excluding hydrogens is 516 g/mol. The van der Waals surface area contributed by atoms with Gasteiger partial charge in [-0.2, -0.15) is 0 Å². The van der Waals surface area contributed by atoms with E-state index in [9.17, 15) is 9.59 Å². The fourth-order valence-electron chi connectivity index (χ4n) is 3.58. The number of hydrogen-bond acceptors (Lipinski definition) is 6. The Balaban J connectivity index is 1.50. The Morgan fingerprint density at radius 3 is 2.56 bits per heavy atom. The molecule has 1 aliphatic heterocycles. The summed E-state index contributed by atoms with van der Waals surface area (Å²) in [6.07, 6.45) is 1.71. The van der Waals surface area contributed by atoms with Crippen molar-refractivity contribution < 1.29 is 19.1 Å². The number of nitrogens with one attached hydrogen (secondary N) is 1. The van der Waals surface area contributed by atoms with Crippen LogP contribution in [0.25, 0.3) is 6.08 Å². The van der Waals surface area contributed by atoms with E-state index in [4.69, 9.17) is 33.3 Å². The number of thioether (sulfide) groups is 1. The molecule has 0 bridgehead atoms. The van der Waals surface area contributed by atoms with E-state index in [1.54, 1.807) is 18.2 Å². The van der Waals surface area contributed by atoms with Gasteiger partial charge >= 0.3 is 0 Å². The van der Waals surface area contributed by atoms with Crippen molar-refractivity contribution in [2.75, 3.05) is 23.9 Å². The molecule has 4 rings (SSSR count). The van der Waals surface area contributed by atoms with Crippen LogP contribution in [0.2, 0.25) is 5.02 Å². The quantitative estimate of drug-likeness (QED) is 0.278. The molecule has 0 aromatic heterocycles.